The maximum Gasteiger partial charge on any atom is 0.416 e. The van der Waals surface area contributed by atoms with E-state index in [1.165, 1.54) is 7.05 Å². The minimum absolute atomic E-state index is 0.0202. The molecule has 0 aromatic heterocycles. The fraction of sp³-hybridized carbons (Fsp3) is 0.235. The van der Waals surface area contributed by atoms with Crippen molar-refractivity contribution in [2.45, 2.75) is 6.18 Å². The predicted molar refractivity (Wildman–Crippen MR) is 92.4 cm³/mol. The van der Waals surface area contributed by atoms with Crippen molar-refractivity contribution >= 4 is 21.6 Å². The van der Waals surface area contributed by atoms with Gasteiger partial charge in [0.2, 0.25) is 10.0 Å². The molecule has 5 nitrogen and oxygen atoms in total. The van der Waals surface area contributed by atoms with Gasteiger partial charge in [-0.15, -0.1) is 0 Å². The number of carbonyl (C=O) groups excluding carboxylic acids is 1. The first-order chi connectivity index (χ1) is 12.1. The van der Waals surface area contributed by atoms with E-state index in [1.54, 1.807) is 30.3 Å². The Morgan fingerprint density at radius 2 is 1.62 bits per heavy atom. The molecule has 0 saturated heterocycles. The van der Waals surface area contributed by atoms with Crippen LogP contribution in [0.5, 0.6) is 0 Å². The standard InChI is InChI=1S/C17H17F3N2O3S/c1-22(15-5-3-2-4-6-15)26(24,25)12-11-21-16(23)13-7-9-14(10-8-13)17(18,19)20/h2-10H,11-12H2,1H3,(H,21,23). The lowest BCUT2D eigenvalue weighted by molar-refractivity contribution is -0.137. The fourth-order valence-electron chi connectivity index (χ4n) is 2.14. The van der Waals surface area contributed by atoms with Crippen LogP contribution >= 0.6 is 0 Å². The van der Waals surface area contributed by atoms with Crippen molar-refractivity contribution < 1.29 is 26.4 Å². The van der Waals surface area contributed by atoms with Gasteiger partial charge in [-0.05, 0) is 36.4 Å². The molecule has 140 valence electrons. The molecule has 0 aliphatic heterocycles. The summed E-state index contributed by atoms with van der Waals surface area (Å²) in [6, 6.07) is 12.1. The molecule has 0 heterocycles. The zero-order valence-electron chi connectivity index (χ0n) is 13.8. The summed E-state index contributed by atoms with van der Waals surface area (Å²) in [6.45, 7) is -0.167. The van der Waals surface area contributed by atoms with E-state index in [2.05, 4.69) is 5.32 Å². The molecule has 0 aliphatic rings. The molecule has 0 unspecified atom stereocenters. The third-order valence-electron chi connectivity index (χ3n) is 3.66. The average molecular weight is 386 g/mol. The van der Waals surface area contributed by atoms with Gasteiger partial charge in [0.25, 0.3) is 5.91 Å². The second-order valence-electron chi connectivity index (χ2n) is 5.45. The summed E-state index contributed by atoms with van der Waals surface area (Å²) in [7, 11) is -2.24. The fourth-order valence-corrected chi connectivity index (χ4v) is 3.22. The lowest BCUT2D eigenvalue weighted by atomic mass is 10.1. The average Bonchev–Trinajstić information content (AvgIpc) is 2.61. The Hall–Kier alpha value is -2.55. The molecule has 0 spiro atoms. The summed E-state index contributed by atoms with van der Waals surface area (Å²) in [6.07, 6.45) is -4.48. The van der Waals surface area contributed by atoms with Crippen molar-refractivity contribution in [1.82, 2.24) is 5.32 Å². The highest BCUT2D eigenvalue weighted by atomic mass is 32.2. The number of anilines is 1. The Kier molecular flexibility index (Phi) is 5.91. The van der Waals surface area contributed by atoms with Gasteiger partial charge < -0.3 is 5.32 Å². The van der Waals surface area contributed by atoms with Crippen molar-refractivity contribution in [3.8, 4) is 0 Å². The molecule has 1 N–H and O–H groups in total. The van der Waals surface area contributed by atoms with E-state index < -0.39 is 27.7 Å². The van der Waals surface area contributed by atoms with E-state index in [-0.39, 0.29) is 17.9 Å². The summed E-state index contributed by atoms with van der Waals surface area (Å²) in [4.78, 5) is 11.9. The largest absolute Gasteiger partial charge is 0.416 e. The summed E-state index contributed by atoms with van der Waals surface area (Å²) in [5.74, 6) is -0.985. The minimum atomic E-state index is -4.48. The number of sulfonamides is 1. The second-order valence-corrected chi connectivity index (χ2v) is 7.57. The van der Waals surface area contributed by atoms with E-state index in [0.29, 0.717) is 5.69 Å². The summed E-state index contributed by atoms with van der Waals surface area (Å²) >= 11 is 0. The SMILES string of the molecule is CN(c1ccccc1)S(=O)(=O)CCNC(=O)c1ccc(C(F)(F)F)cc1. The number of hydrogen-bond acceptors (Lipinski definition) is 3. The lowest BCUT2D eigenvalue weighted by Crippen LogP contribution is -2.35. The molecule has 0 saturated carbocycles. The number of nitrogens with zero attached hydrogens (tertiary/aromatic N) is 1. The molecule has 0 atom stereocenters. The number of amides is 1. The minimum Gasteiger partial charge on any atom is -0.351 e. The van der Waals surface area contributed by atoms with Crippen LogP contribution in [0.25, 0.3) is 0 Å². The normalized spacial score (nSPS) is 11.8. The lowest BCUT2D eigenvalue weighted by Gasteiger charge is -2.19. The van der Waals surface area contributed by atoms with Crippen LogP contribution in [0.2, 0.25) is 0 Å². The highest BCUT2D eigenvalue weighted by molar-refractivity contribution is 7.92. The predicted octanol–water partition coefficient (Wildman–Crippen LogP) is 2.90. The van der Waals surface area contributed by atoms with Gasteiger partial charge in [-0.3, -0.25) is 9.10 Å². The first-order valence-electron chi connectivity index (χ1n) is 7.58. The molecule has 1 amide bonds. The number of carbonyl (C=O) groups is 1. The summed E-state index contributed by atoms with van der Waals surface area (Å²) in [5.41, 5.74) is -0.352. The van der Waals surface area contributed by atoms with Gasteiger partial charge >= 0.3 is 6.18 Å². The number of hydrogen-bond donors (Lipinski definition) is 1. The van der Waals surface area contributed by atoms with Crippen LogP contribution < -0.4 is 9.62 Å². The molecule has 0 aliphatic carbocycles. The van der Waals surface area contributed by atoms with E-state index in [4.69, 9.17) is 0 Å². The third kappa shape index (κ3) is 4.98. The van der Waals surface area contributed by atoms with Crippen LogP contribution in [0.4, 0.5) is 18.9 Å². The number of nitrogens with one attached hydrogen (secondary N) is 1. The third-order valence-corrected chi connectivity index (χ3v) is 5.42. The number of rotatable bonds is 6. The number of alkyl halides is 3. The Labute approximate surface area is 149 Å². The number of para-hydroxylation sites is 1. The topological polar surface area (TPSA) is 66.5 Å². The van der Waals surface area contributed by atoms with Gasteiger partial charge in [0.05, 0.1) is 17.0 Å². The van der Waals surface area contributed by atoms with Crippen molar-refractivity contribution in [1.29, 1.82) is 0 Å². The molecular formula is C17H17F3N2O3S. The Bertz CT molecular complexity index is 851. The van der Waals surface area contributed by atoms with Crippen LogP contribution in [0, 0.1) is 0 Å². The van der Waals surface area contributed by atoms with Crippen LogP contribution in [-0.2, 0) is 16.2 Å². The summed E-state index contributed by atoms with van der Waals surface area (Å²) in [5, 5.41) is 2.39. The van der Waals surface area contributed by atoms with Crippen molar-refractivity contribution in [3.63, 3.8) is 0 Å². The number of halogens is 3. The van der Waals surface area contributed by atoms with Crippen LogP contribution in [0.1, 0.15) is 15.9 Å². The van der Waals surface area contributed by atoms with E-state index >= 15 is 0 Å². The second kappa shape index (κ2) is 7.77. The van der Waals surface area contributed by atoms with Gasteiger partial charge in [-0.25, -0.2) is 8.42 Å². The van der Waals surface area contributed by atoms with E-state index in [0.717, 1.165) is 28.6 Å². The van der Waals surface area contributed by atoms with Crippen LogP contribution in [-0.4, -0.2) is 33.7 Å². The maximum atomic E-state index is 12.5. The molecule has 2 rings (SSSR count). The Morgan fingerprint density at radius 3 is 2.15 bits per heavy atom. The van der Waals surface area contributed by atoms with Crippen molar-refractivity contribution in [2.75, 3.05) is 23.7 Å². The maximum absolute atomic E-state index is 12.5. The van der Waals surface area contributed by atoms with Gasteiger partial charge in [-0.2, -0.15) is 13.2 Å². The van der Waals surface area contributed by atoms with E-state index in [9.17, 15) is 26.4 Å². The van der Waals surface area contributed by atoms with Gasteiger partial charge in [0.1, 0.15) is 0 Å². The first-order valence-corrected chi connectivity index (χ1v) is 9.19. The zero-order valence-corrected chi connectivity index (χ0v) is 14.6. The molecule has 0 bridgehead atoms. The van der Waals surface area contributed by atoms with Gasteiger partial charge in [0.15, 0.2) is 0 Å². The highest BCUT2D eigenvalue weighted by Crippen LogP contribution is 2.29. The molecule has 9 heteroatoms. The van der Waals surface area contributed by atoms with Crippen molar-refractivity contribution in [2.24, 2.45) is 0 Å². The monoisotopic (exact) mass is 386 g/mol. The Morgan fingerprint density at radius 1 is 1.04 bits per heavy atom. The molecule has 2 aromatic carbocycles. The zero-order chi connectivity index (χ0) is 19.4. The van der Waals surface area contributed by atoms with Gasteiger partial charge in [0, 0.05) is 19.2 Å². The molecule has 0 radical (unpaired) electrons. The molecule has 26 heavy (non-hydrogen) atoms. The Balaban J connectivity index is 1.93. The van der Waals surface area contributed by atoms with Crippen LogP contribution in [0.15, 0.2) is 54.6 Å². The summed E-state index contributed by atoms with van der Waals surface area (Å²) < 4.78 is 63.1. The molecular weight excluding hydrogens is 369 g/mol. The van der Waals surface area contributed by atoms with E-state index in [1.807, 2.05) is 0 Å². The smallest absolute Gasteiger partial charge is 0.351 e. The van der Waals surface area contributed by atoms with Crippen LogP contribution in [0.3, 0.4) is 0 Å². The van der Waals surface area contributed by atoms with Gasteiger partial charge in [-0.1, -0.05) is 18.2 Å². The quantitative estimate of drug-likeness (QED) is 0.830. The first kappa shape index (κ1) is 19.8. The molecule has 0 fully saturated rings. The molecule has 2 aromatic rings. The number of benzene rings is 2. The van der Waals surface area contributed by atoms with Crippen molar-refractivity contribution in [3.05, 3.63) is 65.7 Å². The highest BCUT2D eigenvalue weighted by Gasteiger charge is 2.30.